The van der Waals surface area contributed by atoms with Gasteiger partial charge in [0.05, 0.1) is 12.3 Å². The van der Waals surface area contributed by atoms with Crippen molar-refractivity contribution in [1.82, 2.24) is 10.6 Å². The van der Waals surface area contributed by atoms with Crippen LogP contribution in [0, 0.1) is 0 Å². The van der Waals surface area contributed by atoms with Crippen LogP contribution in [0.25, 0.3) is 0 Å². The van der Waals surface area contributed by atoms with Crippen molar-refractivity contribution >= 4 is 5.96 Å². The first kappa shape index (κ1) is 13.2. The van der Waals surface area contributed by atoms with E-state index in [-0.39, 0.29) is 12.3 Å². The first-order valence-corrected chi connectivity index (χ1v) is 5.85. The zero-order valence-electron chi connectivity index (χ0n) is 10.2. The van der Waals surface area contributed by atoms with E-state index in [1.807, 2.05) is 0 Å². The number of ether oxygens (including phenoxy) is 1. The number of rotatable bonds is 5. The van der Waals surface area contributed by atoms with Crippen molar-refractivity contribution in [2.24, 2.45) is 4.99 Å². The third kappa shape index (κ3) is 4.35. The van der Waals surface area contributed by atoms with E-state index >= 15 is 0 Å². The molecule has 1 aliphatic heterocycles. The maximum absolute atomic E-state index is 11.9. The minimum absolute atomic E-state index is 0.0856. The van der Waals surface area contributed by atoms with Gasteiger partial charge in [0.2, 0.25) is 0 Å². The number of nitrogens with one attached hydrogen (secondary N) is 2. The van der Waals surface area contributed by atoms with E-state index in [0.29, 0.717) is 18.9 Å². The summed E-state index contributed by atoms with van der Waals surface area (Å²) in [5, 5.41) is 6.26. The van der Waals surface area contributed by atoms with Gasteiger partial charge in [-0.3, -0.25) is 9.38 Å². The topological polar surface area (TPSA) is 45.7 Å². The van der Waals surface area contributed by atoms with E-state index in [0.717, 1.165) is 26.0 Å². The van der Waals surface area contributed by atoms with Gasteiger partial charge in [0.15, 0.2) is 5.96 Å². The molecule has 4 nitrogen and oxygen atoms in total. The third-order valence-electron chi connectivity index (χ3n) is 2.76. The van der Waals surface area contributed by atoms with Crippen molar-refractivity contribution in [2.45, 2.75) is 31.8 Å². The lowest BCUT2D eigenvalue weighted by atomic mass is 10.0. The second kappa shape index (κ2) is 6.68. The Labute approximate surface area is 96.7 Å². The van der Waals surface area contributed by atoms with E-state index in [1.54, 1.807) is 7.05 Å². The number of aliphatic imine (C=N–C) groups is 1. The molecule has 0 spiro atoms. The van der Waals surface area contributed by atoms with Gasteiger partial charge < -0.3 is 15.4 Å². The number of halogens is 1. The fourth-order valence-electron chi connectivity index (χ4n) is 1.74. The number of nitrogens with zero attached hydrogens (tertiary/aromatic N) is 1. The standard InChI is InChI=1S/C11H22FN3O/c1-11(5-3-8-16-11)9-15-10(13-2)14-7-4-6-12/h3-9H2,1-2H3,(H2,13,14,15). The monoisotopic (exact) mass is 231 g/mol. The van der Waals surface area contributed by atoms with Crippen molar-refractivity contribution in [3.05, 3.63) is 0 Å². The second-order valence-corrected chi connectivity index (χ2v) is 4.30. The Morgan fingerprint density at radius 2 is 2.31 bits per heavy atom. The summed E-state index contributed by atoms with van der Waals surface area (Å²) in [4.78, 5) is 4.07. The highest BCUT2D eigenvalue weighted by Gasteiger charge is 2.29. The molecule has 1 atom stereocenters. The first-order chi connectivity index (χ1) is 7.70. The van der Waals surface area contributed by atoms with Crippen molar-refractivity contribution < 1.29 is 9.13 Å². The molecule has 5 heteroatoms. The van der Waals surface area contributed by atoms with Crippen molar-refractivity contribution in [2.75, 3.05) is 33.4 Å². The van der Waals surface area contributed by atoms with Crippen LogP contribution in [0.2, 0.25) is 0 Å². The Morgan fingerprint density at radius 3 is 2.88 bits per heavy atom. The van der Waals surface area contributed by atoms with Gasteiger partial charge in [-0.25, -0.2) is 0 Å². The zero-order chi connectivity index (χ0) is 11.9. The first-order valence-electron chi connectivity index (χ1n) is 5.85. The summed E-state index contributed by atoms with van der Waals surface area (Å²) in [6.45, 7) is 3.98. The SMILES string of the molecule is CN=C(NCCCF)NCC1(C)CCCO1. The zero-order valence-corrected chi connectivity index (χ0v) is 10.2. The fraction of sp³-hybridized carbons (Fsp3) is 0.909. The maximum atomic E-state index is 11.9. The van der Waals surface area contributed by atoms with Crippen LogP contribution < -0.4 is 10.6 Å². The Balaban J connectivity index is 2.23. The van der Waals surface area contributed by atoms with E-state index in [4.69, 9.17) is 4.74 Å². The molecule has 94 valence electrons. The van der Waals surface area contributed by atoms with Crippen LogP contribution in [-0.2, 0) is 4.74 Å². The molecule has 1 fully saturated rings. The molecule has 0 saturated carbocycles. The molecule has 0 bridgehead atoms. The molecule has 1 aliphatic rings. The molecule has 1 heterocycles. The molecular weight excluding hydrogens is 209 g/mol. The summed E-state index contributed by atoms with van der Waals surface area (Å²) < 4.78 is 17.6. The van der Waals surface area contributed by atoms with Crippen molar-refractivity contribution in [3.63, 3.8) is 0 Å². The molecule has 16 heavy (non-hydrogen) atoms. The van der Waals surface area contributed by atoms with Crippen LogP contribution in [0.5, 0.6) is 0 Å². The molecular formula is C11H22FN3O. The van der Waals surface area contributed by atoms with Crippen molar-refractivity contribution in [1.29, 1.82) is 0 Å². The van der Waals surface area contributed by atoms with E-state index in [1.165, 1.54) is 0 Å². The lowest BCUT2D eigenvalue weighted by Crippen LogP contribution is -2.45. The average molecular weight is 231 g/mol. The summed E-state index contributed by atoms with van der Waals surface area (Å²) in [5.41, 5.74) is -0.0856. The highest BCUT2D eigenvalue weighted by atomic mass is 19.1. The fourth-order valence-corrected chi connectivity index (χ4v) is 1.74. The number of guanidine groups is 1. The van der Waals surface area contributed by atoms with E-state index in [2.05, 4.69) is 22.5 Å². The molecule has 0 radical (unpaired) electrons. The van der Waals surface area contributed by atoms with Gasteiger partial charge in [-0.15, -0.1) is 0 Å². The molecule has 0 amide bonds. The summed E-state index contributed by atoms with van der Waals surface area (Å²) in [5.74, 6) is 0.713. The van der Waals surface area contributed by atoms with Gasteiger partial charge in [0.1, 0.15) is 0 Å². The van der Waals surface area contributed by atoms with E-state index < -0.39 is 0 Å². The smallest absolute Gasteiger partial charge is 0.191 e. The molecule has 1 rings (SSSR count). The molecule has 0 aromatic rings. The summed E-state index contributed by atoms with van der Waals surface area (Å²) in [6, 6.07) is 0. The lowest BCUT2D eigenvalue weighted by Gasteiger charge is -2.24. The minimum Gasteiger partial charge on any atom is -0.373 e. The van der Waals surface area contributed by atoms with Gasteiger partial charge >= 0.3 is 0 Å². The van der Waals surface area contributed by atoms with Gasteiger partial charge in [-0.05, 0) is 26.2 Å². The molecule has 1 unspecified atom stereocenters. The van der Waals surface area contributed by atoms with Gasteiger partial charge in [-0.1, -0.05) is 0 Å². The highest BCUT2D eigenvalue weighted by Crippen LogP contribution is 2.23. The average Bonchev–Trinajstić information content (AvgIpc) is 2.71. The predicted molar refractivity (Wildman–Crippen MR) is 63.5 cm³/mol. The third-order valence-corrected chi connectivity index (χ3v) is 2.76. The molecule has 0 aromatic heterocycles. The normalized spacial score (nSPS) is 25.8. The van der Waals surface area contributed by atoms with Crippen LogP contribution in [0.3, 0.4) is 0 Å². The van der Waals surface area contributed by atoms with Crippen LogP contribution in [0.4, 0.5) is 4.39 Å². The Bertz CT molecular complexity index is 227. The number of hydrogen-bond acceptors (Lipinski definition) is 2. The highest BCUT2D eigenvalue weighted by molar-refractivity contribution is 5.79. The molecule has 2 N–H and O–H groups in total. The minimum atomic E-state index is -0.301. The molecule has 1 saturated heterocycles. The quantitative estimate of drug-likeness (QED) is 0.423. The Morgan fingerprint density at radius 1 is 1.50 bits per heavy atom. The predicted octanol–water partition coefficient (Wildman–Crippen LogP) is 1.08. The summed E-state index contributed by atoms with van der Waals surface area (Å²) in [6.07, 6.45) is 2.70. The van der Waals surface area contributed by atoms with Crippen LogP contribution in [0.1, 0.15) is 26.2 Å². The van der Waals surface area contributed by atoms with E-state index in [9.17, 15) is 4.39 Å². The number of hydrogen-bond donors (Lipinski definition) is 2. The summed E-state index contributed by atoms with van der Waals surface area (Å²) in [7, 11) is 1.71. The van der Waals surface area contributed by atoms with Crippen LogP contribution in [-0.4, -0.2) is 45.0 Å². The number of alkyl halides is 1. The van der Waals surface area contributed by atoms with Gasteiger partial charge in [-0.2, -0.15) is 0 Å². The summed E-state index contributed by atoms with van der Waals surface area (Å²) >= 11 is 0. The van der Waals surface area contributed by atoms with Crippen LogP contribution in [0.15, 0.2) is 4.99 Å². The molecule has 0 aliphatic carbocycles. The van der Waals surface area contributed by atoms with Crippen LogP contribution >= 0.6 is 0 Å². The second-order valence-electron chi connectivity index (χ2n) is 4.30. The van der Waals surface area contributed by atoms with Gasteiger partial charge in [0.25, 0.3) is 0 Å². The molecule has 0 aromatic carbocycles. The largest absolute Gasteiger partial charge is 0.373 e. The Kier molecular flexibility index (Phi) is 5.52. The van der Waals surface area contributed by atoms with Gasteiger partial charge in [0, 0.05) is 26.7 Å². The lowest BCUT2D eigenvalue weighted by molar-refractivity contribution is 0.0243. The maximum Gasteiger partial charge on any atom is 0.191 e. The Hall–Kier alpha value is -0.840. The van der Waals surface area contributed by atoms with Crippen molar-refractivity contribution in [3.8, 4) is 0 Å².